The molecular weight excluding hydrogens is 418 g/mol. The smallest absolute Gasteiger partial charge is 0.254 e. The second-order valence-electron chi connectivity index (χ2n) is 8.42. The molecule has 1 amide bonds. The maximum Gasteiger partial charge on any atom is 0.254 e. The van der Waals surface area contributed by atoms with Gasteiger partial charge in [0.2, 0.25) is 0 Å². The summed E-state index contributed by atoms with van der Waals surface area (Å²) in [5.74, 6) is 0.919. The molecule has 0 radical (unpaired) electrons. The molecule has 2 saturated heterocycles. The third-order valence-corrected chi connectivity index (χ3v) is 6.33. The Hall–Kier alpha value is -3.00. The molecule has 33 heavy (non-hydrogen) atoms. The van der Waals surface area contributed by atoms with Crippen molar-refractivity contribution in [3.63, 3.8) is 0 Å². The summed E-state index contributed by atoms with van der Waals surface area (Å²) >= 11 is 0. The summed E-state index contributed by atoms with van der Waals surface area (Å²) in [7, 11) is 1.70. The van der Waals surface area contributed by atoms with Crippen LogP contribution in [0.15, 0.2) is 54.6 Å². The van der Waals surface area contributed by atoms with Gasteiger partial charge >= 0.3 is 0 Å². The summed E-state index contributed by atoms with van der Waals surface area (Å²) in [6, 6.07) is 17.9. The highest BCUT2D eigenvalue weighted by atomic mass is 16.5. The van der Waals surface area contributed by atoms with Gasteiger partial charge in [-0.1, -0.05) is 36.4 Å². The van der Waals surface area contributed by atoms with Gasteiger partial charge in [-0.25, -0.2) is 4.98 Å². The first kappa shape index (κ1) is 21.8. The first-order chi connectivity index (χ1) is 16.2. The fraction of sp³-hybridized carbons (Fsp3) is 0.385. The second-order valence-corrected chi connectivity index (χ2v) is 8.42. The summed E-state index contributed by atoms with van der Waals surface area (Å²) in [5.41, 5.74) is 3.45. The summed E-state index contributed by atoms with van der Waals surface area (Å²) in [5, 5.41) is 0.874. The fourth-order valence-electron chi connectivity index (χ4n) is 4.57. The average Bonchev–Trinajstić information content (AvgIpc) is 2.88. The van der Waals surface area contributed by atoms with E-state index in [4.69, 9.17) is 19.2 Å². The average molecular weight is 448 g/mol. The maximum atomic E-state index is 13.4. The number of pyridine rings is 1. The molecule has 1 atom stereocenters. The van der Waals surface area contributed by atoms with E-state index in [-0.39, 0.29) is 12.0 Å². The van der Waals surface area contributed by atoms with Gasteiger partial charge in [0.15, 0.2) is 0 Å². The number of nitrogens with zero attached hydrogens (tertiary/aromatic N) is 3. The Balaban J connectivity index is 1.42. The second kappa shape index (κ2) is 9.87. The lowest BCUT2D eigenvalue weighted by atomic mass is 10.0. The van der Waals surface area contributed by atoms with Crippen molar-refractivity contribution in [3.8, 4) is 5.75 Å². The Labute approximate surface area is 193 Å². The summed E-state index contributed by atoms with van der Waals surface area (Å²) in [6.07, 6.45) is -0.200. The van der Waals surface area contributed by atoms with Crippen LogP contribution in [0, 0.1) is 0 Å². The van der Waals surface area contributed by atoms with Crippen LogP contribution in [0.5, 0.6) is 5.75 Å². The third kappa shape index (κ3) is 4.71. The van der Waals surface area contributed by atoms with Crippen molar-refractivity contribution in [2.24, 2.45) is 0 Å². The van der Waals surface area contributed by atoms with E-state index < -0.39 is 0 Å². The number of carbonyl (C=O) groups excluding carboxylic acids is 1. The zero-order valence-electron chi connectivity index (χ0n) is 18.9. The molecule has 0 saturated carbocycles. The van der Waals surface area contributed by atoms with Crippen LogP contribution in [0.3, 0.4) is 0 Å². The lowest BCUT2D eigenvalue weighted by Crippen LogP contribution is -2.41. The van der Waals surface area contributed by atoms with Crippen molar-refractivity contribution in [3.05, 3.63) is 71.4 Å². The zero-order chi connectivity index (χ0) is 22.6. The molecule has 7 heteroatoms. The molecule has 0 bridgehead atoms. The van der Waals surface area contributed by atoms with E-state index in [1.54, 1.807) is 7.11 Å². The Morgan fingerprint density at radius 3 is 2.70 bits per heavy atom. The minimum absolute atomic E-state index is 0.0276. The molecule has 3 aromatic rings. The molecule has 3 heterocycles. The molecule has 172 valence electrons. The monoisotopic (exact) mass is 447 g/mol. The van der Waals surface area contributed by atoms with Crippen molar-refractivity contribution < 1.29 is 19.0 Å². The number of fused-ring (bicyclic) bond motifs is 1. The van der Waals surface area contributed by atoms with Gasteiger partial charge in [-0.15, -0.1) is 0 Å². The molecule has 7 nitrogen and oxygen atoms in total. The van der Waals surface area contributed by atoms with E-state index >= 15 is 0 Å². The molecule has 5 rings (SSSR count). The van der Waals surface area contributed by atoms with Crippen LogP contribution in [0.4, 0.5) is 0 Å². The van der Waals surface area contributed by atoms with Crippen molar-refractivity contribution in [1.29, 1.82) is 0 Å². The highest BCUT2D eigenvalue weighted by Gasteiger charge is 2.27. The molecule has 0 aliphatic carbocycles. The van der Waals surface area contributed by atoms with E-state index in [1.165, 1.54) is 0 Å². The van der Waals surface area contributed by atoms with Gasteiger partial charge in [-0.05, 0) is 18.2 Å². The molecule has 2 aromatic carbocycles. The highest BCUT2D eigenvalue weighted by molar-refractivity contribution is 6.06. The minimum Gasteiger partial charge on any atom is -0.496 e. The Kier molecular flexibility index (Phi) is 6.53. The first-order valence-corrected chi connectivity index (χ1v) is 11.5. The van der Waals surface area contributed by atoms with Crippen LogP contribution in [-0.4, -0.2) is 73.8 Å². The third-order valence-electron chi connectivity index (χ3n) is 6.33. The maximum absolute atomic E-state index is 13.4. The Morgan fingerprint density at radius 1 is 1.06 bits per heavy atom. The van der Waals surface area contributed by atoms with Crippen LogP contribution in [0.25, 0.3) is 10.9 Å². The van der Waals surface area contributed by atoms with Crippen LogP contribution >= 0.6 is 0 Å². The number of rotatable bonds is 5. The van der Waals surface area contributed by atoms with Crippen LogP contribution in [0.1, 0.15) is 27.7 Å². The van der Waals surface area contributed by atoms with Crippen LogP contribution in [0.2, 0.25) is 0 Å². The highest BCUT2D eigenvalue weighted by Crippen LogP contribution is 2.28. The predicted octanol–water partition coefficient (Wildman–Crippen LogP) is 3.29. The first-order valence-electron chi connectivity index (χ1n) is 11.5. The number of methoxy groups -OCH3 is 1. The lowest BCUT2D eigenvalue weighted by molar-refractivity contribution is -0.0350. The Morgan fingerprint density at radius 2 is 1.85 bits per heavy atom. The zero-order valence-corrected chi connectivity index (χ0v) is 18.9. The quantitative estimate of drug-likeness (QED) is 0.598. The normalized spacial score (nSPS) is 19.5. The number of benzene rings is 2. The number of ether oxygens (including phenoxy) is 3. The summed E-state index contributed by atoms with van der Waals surface area (Å²) in [4.78, 5) is 22.5. The predicted molar refractivity (Wildman–Crippen MR) is 125 cm³/mol. The molecule has 2 aliphatic rings. The fourth-order valence-corrected chi connectivity index (χ4v) is 4.57. The molecule has 1 unspecified atom stereocenters. The number of carbonyl (C=O) groups is 1. The number of para-hydroxylation sites is 2. The van der Waals surface area contributed by atoms with Crippen molar-refractivity contribution >= 4 is 16.8 Å². The Bertz CT molecular complexity index is 1130. The van der Waals surface area contributed by atoms with E-state index in [9.17, 15) is 4.79 Å². The van der Waals surface area contributed by atoms with Gasteiger partial charge < -0.3 is 19.1 Å². The van der Waals surface area contributed by atoms with E-state index in [0.717, 1.165) is 41.0 Å². The van der Waals surface area contributed by atoms with Gasteiger partial charge in [0, 0.05) is 43.7 Å². The van der Waals surface area contributed by atoms with Crippen molar-refractivity contribution in [1.82, 2.24) is 14.8 Å². The van der Waals surface area contributed by atoms with Gasteiger partial charge in [0.1, 0.15) is 11.9 Å². The largest absolute Gasteiger partial charge is 0.496 e. The van der Waals surface area contributed by atoms with E-state index in [1.807, 2.05) is 53.4 Å². The number of aromatic nitrogens is 1. The van der Waals surface area contributed by atoms with Crippen LogP contribution in [-0.2, 0) is 16.0 Å². The summed E-state index contributed by atoms with van der Waals surface area (Å²) in [6.45, 7) is 5.29. The molecular formula is C26H29N3O4. The molecule has 2 fully saturated rings. The molecule has 1 aromatic heterocycles. The van der Waals surface area contributed by atoms with Gasteiger partial charge in [-0.3, -0.25) is 9.69 Å². The van der Waals surface area contributed by atoms with Gasteiger partial charge in [0.05, 0.1) is 43.7 Å². The topological polar surface area (TPSA) is 64.1 Å². The van der Waals surface area contributed by atoms with Gasteiger partial charge in [-0.2, -0.15) is 0 Å². The number of amides is 1. The standard InChI is InChI=1S/C26H29N3O4/c1-31-24-9-5-2-6-19(24)17-28-10-15-33-25(18-28)23-16-21(20-7-3-4-8-22(20)27-23)26(30)29-11-13-32-14-12-29/h2-9,16,25H,10-15,17-18H2,1H3. The minimum atomic E-state index is -0.200. The molecule has 0 spiro atoms. The van der Waals surface area contributed by atoms with E-state index in [2.05, 4.69) is 11.0 Å². The van der Waals surface area contributed by atoms with E-state index in [0.29, 0.717) is 45.0 Å². The van der Waals surface area contributed by atoms with Gasteiger partial charge in [0.25, 0.3) is 5.91 Å². The number of morpholine rings is 2. The molecule has 2 aliphatic heterocycles. The number of hydrogen-bond donors (Lipinski definition) is 0. The SMILES string of the molecule is COc1ccccc1CN1CCOC(c2cc(C(=O)N3CCOCC3)c3ccccc3n2)C1. The van der Waals surface area contributed by atoms with Crippen LogP contribution < -0.4 is 4.74 Å². The van der Waals surface area contributed by atoms with Crippen molar-refractivity contribution in [2.75, 3.05) is 53.1 Å². The lowest BCUT2D eigenvalue weighted by Gasteiger charge is -2.33. The summed E-state index contributed by atoms with van der Waals surface area (Å²) < 4.78 is 17.1. The van der Waals surface area contributed by atoms with Crippen molar-refractivity contribution in [2.45, 2.75) is 12.6 Å². The number of hydrogen-bond acceptors (Lipinski definition) is 6. The molecule has 0 N–H and O–H groups in total.